The van der Waals surface area contributed by atoms with Gasteiger partial charge in [-0.25, -0.2) is 9.18 Å². The largest absolute Gasteiger partial charge is 0.464 e. The summed E-state index contributed by atoms with van der Waals surface area (Å²) in [5, 5.41) is 11.0. The average Bonchev–Trinajstić information content (AvgIpc) is 2.95. The molecule has 1 heterocycles. The molecule has 7 nitrogen and oxygen atoms in total. The molecule has 8 heteroatoms. The molecule has 1 aliphatic heterocycles. The van der Waals surface area contributed by atoms with Gasteiger partial charge < -0.3 is 9.64 Å². The summed E-state index contributed by atoms with van der Waals surface area (Å²) in [7, 11) is 0. The molecule has 1 aromatic carbocycles. The summed E-state index contributed by atoms with van der Waals surface area (Å²) in [5.41, 5.74) is -0.845. The van der Waals surface area contributed by atoms with Gasteiger partial charge in [-0.3, -0.25) is 14.9 Å². The van der Waals surface area contributed by atoms with E-state index < -0.39 is 34.3 Å². The summed E-state index contributed by atoms with van der Waals surface area (Å²) < 4.78 is 18.3. The van der Waals surface area contributed by atoms with E-state index in [1.165, 1.54) is 4.90 Å². The molecule has 0 N–H and O–H groups in total. The van der Waals surface area contributed by atoms with Gasteiger partial charge in [-0.1, -0.05) is 0 Å². The van der Waals surface area contributed by atoms with Gasteiger partial charge in [0.05, 0.1) is 11.5 Å². The van der Waals surface area contributed by atoms with Crippen molar-refractivity contribution < 1.29 is 23.6 Å². The molecular weight excluding hydrogens is 295 g/mol. The van der Waals surface area contributed by atoms with Crippen LogP contribution in [-0.4, -0.2) is 40.9 Å². The number of nitrogens with zero attached hydrogens (tertiary/aromatic N) is 2. The molecule has 22 heavy (non-hydrogen) atoms. The van der Waals surface area contributed by atoms with Crippen LogP contribution in [0.5, 0.6) is 0 Å². The predicted molar refractivity (Wildman–Crippen MR) is 73.7 cm³/mol. The van der Waals surface area contributed by atoms with Crippen LogP contribution in [0, 0.1) is 15.9 Å². The third-order valence-electron chi connectivity index (χ3n) is 3.46. The number of esters is 1. The lowest BCUT2D eigenvalue weighted by Crippen LogP contribution is -2.41. The first-order chi connectivity index (χ1) is 10.5. The minimum absolute atomic E-state index is 0.178. The van der Waals surface area contributed by atoms with Gasteiger partial charge in [-0.15, -0.1) is 0 Å². The molecule has 1 aromatic rings. The van der Waals surface area contributed by atoms with Crippen molar-refractivity contribution in [2.45, 2.75) is 25.8 Å². The van der Waals surface area contributed by atoms with E-state index in [9.17, 15) is 24.1 Å². The second kappa shape index (κ2) is 6.50. The number of benzene rings is 1. The smallest absolute Gasteiger partial charge is 0.328 e. The highest BCUT2D eigenvalue weighted by Crippen LogP contribution is 2.26. The van der Waals surface area contributed by atoms with E-state index in [4.69, 9.17) is 4.74 Å². The first-order valence-electron chi connectivity index (χ1n) is 6.87. The van der Waals surface area contributed by atoms with Gasteiger partial charge in [0, 0.05) is 12.6 Å². The number of likely N-dealkylation sites (tertiary alicyclic amines) is 1. The second-order valence-electron chi connectivity index (χ2n) is 4.83. The Hall–Kier alpha value is -2.51. The van der Waals surface area contributed by atoms with Gasteiger partial charge in [0.15, 0.2) is 0 Å². The molecule has 0 radical (unpaired) electrons. The topological polar surface area (TPSA) is 89.8 Å². The number of amides is 1. The molecule has 0 aliphatic carbocycles. The fourth-order valence-electron chi connectivity index (χ4n) is 2.49. The van der Waals surface area contributed by atoms with Crippen LogP contribution in [0.2, 0.25) is 0 Å². The van der Waals surface area contributed by atoms with E-state index in [-0.39, 0.29) is 18.7 Å². The molecule has 1 aliphatic rings. The van der Waals surface area contributed by atoms with Crippen molar-refractivity contribution >= 4 is 17.6 Å². The van der Waals surface area contributed by atoms with Crippen molar-refractivity contribution in [2.75, 3.05) is 13.2 Å². The Bertz CT molecular complexity index is 619. The maximum Gasteiger partial charge on any atom is 0.328 e. The third-order valence-corrected chi connectivity index (χ3v) is 3.46. The van der Waals surface area contributed by atoms with E-state index in [0.29, 0.717) is 12.8 Å². The summed E-state index contributed by atoms with van der Waals surface area (Å²) in [6.07, 6.45) is 1.01. The molecule has 0 bridgehead atoms. The van der Waals surface area contributed by atoms with Crippen LogP contribution in [0.3, 0.4) is 0 Å². The van der Waals surface area contributed by atoms with E-state index in [1.54, 1.807) is 6.92 Å². The molecular formula is C14H15FN2O5. The van der Waals surface area contributed by atoms with Crippen LogP contribution in [0.25, 0.3) is 0 Å². The Morgan fingerprint density at radius 1 is 1.50 bits per heavy atom. The number of carbonyl (C=O) groups excluding carboxylic acids is 2. The second-order valence-corrected chi connectivity index (χ2v) is 4.83. The monoisotopic (exact) mass is 310 g/mol. The lowest BCUT2D eigenvalue weighted by molar-refractivity contribution is -0.385. The number of halogens is 1. The Labute approximate surface area is 125 Å². The minimum atomic E-state index is -0.782. The number of nitro benzene ring substituents is 1. The predicted octanol–water partition coefficient (Wildman–Crippen LogP) is 1.90. The van der Waals surface area contributed by atoms with E-state index in [2.05, 4.69) is 0 Å². The number of carbonyl (C=O) groups is 2. The quantitative estimate of drug-likeness (QED) is 0.481. The van der Waals surface area contributed by atoms with Gasteiger partial charge in [0.2, 0.25) is 0 Å². The zero-order valence-corrected chi connectivity index (χ0v) is 12.0. The third kappa shape index (κ3) is 3.05. The van der Waals surface area contributed by atoms with Crippen LogP contribution in [0.4, 0.5) is 10.1 Å². The van der Waals surface area contributed by atoms with Crippen LogP contribution < -0.4 is 0 Å². The first-order valence-corrected chi connectivity index (χ1v) is 6.87. The first kappa shape index (κ1) is 15.9. The molecule has 0 unspecified atom stereocenters. The summed E-state index contributed by atoms with van der Waals surface area (Å²) in [6.45, 7) is 2.10. The van der Waals surface area contributed by atoms with Crippen molar-refractivity contribution in [2.24, 2.45) is 0 Å². The number of rotatable bonds is 4. The van der Waals surface area contributed by atoms with Crippen molar-refractivity contribution in [3.63, 3.8) is 0 Å². The fourth-order valence-corrected chi connectivity index (χ4v) is 2.49. The SMILES string of the molecule is CCOC(=O)[C@@H]1CCCN1C(=O)c1cc(F)ccc1[N+](=O)[O-]. The van der Waals surface area contributed by atoms with Crippen molar-refractivity contribution in [3.8, 4) is 0 Å². The molecule has 1 saturated heterocycles. The standard InChI is InChI=1S/C14H15FN2O5/c1-2-22-14(19)12-4-3-7-16(12)13(18)10-8-9(15)5-6-11(10)17(20)21/h5-6,8,12H,2-4,7H2,1H3/t12-/m0/s1. The van der Waals surface area contributed by atoms with Gasteiger partial charge in [-0.05, 0) is 31.9 Å². The number of hydrogen-bond donors (Lipinski definition) is 0. The number of ether oxygens (including phenoxy) is 1. The molecule has 0 saturated carbocycles. The van der Waals surface area contributed by atoms with Crippen LogP contribution >= 0.6 is 0 Å². The number of nitro groups is 1. The van der Waals surface area contributed by atoms with Crippen LogP contribution in [0.1, 0.15) is 30.1 Å². The fraction of sp³-hybridized carbons (Fsp3) is 0.429. The zero-order valence-electron chi connectivity index (χ0n) is 12.0. The minimum Gasteiger partial charge on any atom is -0.464 e. The zero-order chi connectivity index (χ0) is 16.3. The van der Waals surface area contributed by atoms with E-state index in [0.717, 1.165) is 18.2 Å². The summed E-state index contributed by atoms with van der Waals surface area (Å²) in [4.78, 5) is 35.8. The highest BCUT2D eigenvalue weighted by molar-refractivity contribution is 6.00. The van der Waals surface area contributed by atoms with E-state index in [1.807, 2.05) is 0 Å². The Kier molecular flexibility index (Phi) is 4.69. The van der Waals surface area contributed by atoms with E-state index >= 15 is 0 Å². The molecule has 1 fully saturated rings. The van der Waals surface area contributed by atoms with Gasteiger partial charge >= 0.3 is 5.97 Å². The summed E-state index contributed by atoms with van der Waals surface area (Å²) in [5.74, 6) is -2.03. The summed E-state index contributed by atoms with van der Waals surface area (Å²) >= 11 is 0. The van der Waals surface area contributed by atoms with Crippen molar-refractivity contribution in [3.05, 3.63) is 39.7 Å². The number of hydrogen-bond acceptors (Lipinski definition) is 5. The van der Waals surface area contributed by atoms with Gasteiger partial charge in [0.25, 0.3) is 11.6 Å². The summed E-state index contributed by atoms with van der Waals surface area (Å²) in [6, 6.07) is 1.90. The van der Waals surface area contributed by atoms with Crippen LogP contribution in [-0.2, 0) is 9.53 Å². The Morgan fingerprint density at radius 2 is 2.23 bits per heavy atom. The Balaban J connectivity index is 2.33. The maximum atomic E-state index is 13.3. The molecule has 0 aromatic heterocycles. The molecule has 118 valence electrons. The van der Waals surface area contributed by atoms with Crippen molar-refractivity contribution in [1.29, 1.82) is 0 Å². The van der Waals surface area contributed by atoms with Crippen molar-refractivity contribution in [1.82, 2.24) is 4.90 Å². The van der Waals surface area contributed by atoms with Crippen LogP contribution in [0.15, 0.2) is 18.2 Å². The maximum absolute atomic E-state index is 13.3. The van der Waals surface area contributed by atoms with Gasteiger partial charge in [-0.2, -0.15) is 0 Å². The highest BCUT2D eigenvalue weighted by atomic mass is 19.1. The lowest BCUT2D eigenvalue weighted by Gasteiger charge is -2.23. The highest BCUT2D eigenvalue weighted by Gasteiger charge is 2.37. The lowest BCUT2D eigenvalue weighted by atomic mass is 10.1. The molecule has 1 atom stereocenters. The molecule has 2 rings (SSSR count). The normalized spacial score (nSPS) is 17.4. The Morgan fingerprint density at radius 3 is 2.86 bits per heavy atom. The van der Waals surface area contributed by atoms with Gasteiger partial charge in [0.1, 0.15) is 17.4 Å². The molecule has 1 amide bonds. The average molecular weight is 310 g/mol. The molecule has 0 spiro atoms.